The van der Waals surface area contributed by atoms with Gasteiger partial charge in [0, 0.05) is 32.8 Å². The van der Waals surface area contributed by atoms with Crippen LogP contribution in [0.2, 0.25) is 18.1 Å². The van der Waals surface area contributed by atoms with E-state index in [9.17, 15) is 31.2 Å². The van der Waals surface area contributed by atoms with Gasteiger partial charge in [0.1, 0.15) is 0 Å². The molecule has 2 aliphatic rings. The van der Waals surface area contributed by atoms with Gasteiger partial charge in [0.05, 0.1) is 42.4 Å². The van der Waals surface area contributed by atoms with Crippen LogP contribution in [0.25, 0.3) is 0 Å². The van der Waals surface area contributed by atoms with Gasteiger partial charge in [0.25, 0.3) is 10.1 Å². The molecule has 0 aliphatic carbocycles. The van der Waals surface area contributed by atoms with Crippen LogP contribution in [0.5, 0.6) is 0 Å². The van der Waals surface area contributed by atoms with Crippen molar-refractivity contribution in [3.8, 4) is 0 Å². The van der Waals surface area contributed by atoms with Crippen molar-refractivity contribution in [1.29, 1.82) is 0 Å². The number of benzene rings is 1. The van der Waals surface area contributed by atoms with E-state index in [1.54, 1.807) is 33.2 Å². The number of rotatable bonds is 13. The van der Waals surface area contributed by atoms with Crippen LogP contribution in [0.1, 0.15) is 46.1 Å². The fourth-order valence-electron chi connectivity index (χ4n) is 5.60. The standard InChI is InChI=1S/C32H51N3O10S2Si/c1-10-43-31(38)35-24(22-44-48(8,9)32(2,3)4)20-26(30(35)45-46(7,39)40)29(37)34(21-23-14-12-11-13-15-23)18-16-27-25(28(36)33(5)6)17-19-47(27,41)42/h11-15,17,24,26-27,30H,10,16,18-22H2,1-9H3/t24-,26?,27?,30?/m1/s1. The van der Waals surface area contributed by atoms with Gasteiger partial charge in [-0.2, -0.15) is 8.42 Å². The van der Waals surface area contributed by atoms with Crippen molar-refractivity contribution in [3.63, 3.8) is 0 Å². The van der Waals surface area contributed by atoms with Gasteiger partial charge in [-0.3, -0.25) is 14.5 Å². The Kier molecular flexibility index (Phi) is 12.7. The molecule has 2 aliphatic heterocycles. The summed E-state index contributed by atoms with van der Waals surface area (Å²) in [6.45, 7) is 12.0. The number of ether oxygens (including phenoxy) is 1. The van der Waals surface area contributed by atoms with Crippen molar-refractivity contribution in [1.82, 2.24) is 14.7 Å². The van der Waals surface area contributed by atoms with E-state index in [4.69, 9.17) is 13.3 Å². The van der Waals surface area contributed by atoms with Gasteiger partial charge < -0.3 is 19.0 Å². The molecule has 3 unspecified atom stereocenters. The number of likely N-dealkylation sites (tertiary alicyclic amines) is 1. The first-order valence-corrected chi connectivity index (χ1v) is 22.5. The average Bonchev–Trinajstić information content (AvgIpc) is 3.48. The molecule has 1 saturated heterocycles. The van der Waals surface area contributed by atoms with E-state index < -0.39 is 69.6 Å². The molecule has 0 aromatic heterocycles. The van der Waals surface area contributed by atoms with E-state index in [-0.39, 0.29) is 55.5 Å². The maximum atomic E-state index is 14.6. The Labute approximate surface area is 286 Å². The van der Waals surface area contributed by atoms with E-state index in [0.29, 0.717) is 0 Å². The lowest BCUT2D eigenvalue weighted by molar-refractivity contribution is -0.140. The number of carbonyl (C=O) groups excluding carboxylic acids is 3. The molecule has 3 amide bonds. The summed E-state index contributed by atoms with van der Waals surface area (Å²) < 4.78 is 68.5. The minimum atomic E-state index is -4.18. The van der Waals surface area contributed by atoms with Crippen LogP contribution in [-0.2, 0) is 49.4 Å². The fourth-order valence-corrected chi connectivity index (χ4v) is 8.92. The molecule has 4 atom stereocenters. The Hall–Kier alpha value is -2.79. The lowest BCUT2D eigenvalue weighted by Crippen LogP contribution is -2.50. The predicted molar refractivity (Wildman–Crippen MR) is 184 cm³/mol. The smallest absolute Gasteiger partial charge is 0.412 e. The fraction of sp³-hybridized carbons (Fsp3) is 0.656. The molecule has 0 bridgehead atoms. The molecule has 2 heterocycles. The van der Waals surface area contributed by atoms with Crippen LogP contribution in [0.15, 0.2) is 42.0 Å². The van der Waals surface area contributed by atoms with E-state index in [1.807, 2.05) is 31.3 Å². The number of likely N-dealkylation sites (N-methyl/N-ethyl adjacent to an activating group) is 1. The molecular weight excluding hydrogens is 679 g/mol. The van der Waals surface area contributed by atoms with Crippen molar-refractivity contribution in [2.45, 2.75) is 82.7 Å². The summed E-state index contributed by atoms with van der Waals surface area (Å²) in [5.74, 6) is -2.39. The highest BCUT2D eigenvalue weighted by Crippen LogP contribution is 2.39. The van der Waals surface area contributed by atoms with Gasteiger partial charge in [0.2, 0.25) is 11.8 Å². The summed E-state index contributed by atoms with van der Waals surface area (Å²) in [6.07, 6.45) is -0.143. The second kappa shape index (κ2) is 15.4. The van der Waals surface area contributed by atoms with Crippen LogP contribution in [0, 0.1) is 5.92 Å². The summed E-state index contributed by atoms with van der Waals surface area (Å²) >= 11 is 0. The highest BCUT2D eigenvalue weighted by atomic mass is 32.2. The van der Waals surface area contributed by atoms with Gasteiger partial charge in [-0.25, -0.2) is 17.4 Å². The first-order valence-electron chi connectivity index (χ1n) is 16.0. The maximum absolute atomic E-state index is 14.6. The number of amides is 3. The normalized spacial score (nSPS) is 22.7. The molecule has 0 spiro atoms. The third-order valence-electron chi connectivity index (χ3n) is 9.21. The van der Waals surface area contributed by atoms with E-state index in [0.717, 1.165) is 16.7 Å². The molecule has 3 rings (SSSR count). The number of hydrogen-bond donors (Lipinski definition) is 0. The van der Waals surface area contributed by atoms with Gasteiger partial charge in [0.15, 0.2) is 24.4 Å². The highest BCUT2D eigenvalue weighted by molar-refractivity contribution is 7.92. The summed E-state index contributed by atoms with van der Waals surface area (Å²) in [4.78, 5) is 44.7. The number of hydrogen-bond acceptors (Lipinski definition) is 10. The van der Waals surface area contributed by atoms with Gasteiger partial charge in [-0.15, -0.1) is 0 Å². The average molecular weight is 730 g/mol. The molecule has 0 N–H and O–H groups in total. The monoisotopic (exact) mass is 729 g/mol. The van der Waals surface area contributed by atoms with Crippen LogP contribution in [0.3, 0.4) is 0 Å². The van der Waals surface area contributed by atoms with Crippen LogP contribution < -0.4 is 0 Å². The molecule has 16 heteroatoms. The van der Waals surface area contributed by atoms with E-state index in [1.165, 1.54) is 15.9 Å². The molecule has 13 nitrogen and oxygen atoms in total. The Balaban J connectivity index is 2.03. The Bertz CT molecular complexity index is 1570. The van der Waals surface area contributed by atoms with Crippen molar-refractivity contribution >= 4 is 46.2 Å². The lowest BCUT2D eigenvalue weighted by atomic mass is 10.0. The zero-order valence-electron chi connectivity index (χ0n) is 29.5. The zero-order chi connectivity index (χ0) is 36.2. The first-order chi connectivity index (χ1) is 22.1. The Morgan fingerprint density at radius 1 is 1.08 bits per heavy atom. The highest BCUT2D eigenvalue weighted by Gasteiger charge is 2.52. The molecule has 270 valence electrons. The van der Waals surface area contributed by atoms with Crippen LogP contribution in [-0.4, -0.2) is 121 Å². The summed E-state index contributed by atoms with van der Waals surface area (Å²) in [5, 5.41) is -1.28. The molecule has 0 radical (unpaired) electrons. The lowest BCUT2D eigenvalue weighted by Gasteiger charge is -2.38. The molecular formula is C32H51N3O10S2Si. The zero-order valence-corrected chi connectivity index (χ0v) is 32.1. The summed E-state index contributed by atoms with van der Waals surface area (Å²) in [6, 6.07) is 8.30. The van der Waals surface area contributed by atoms with Gasteiger partial charge in [-0.1, -0.05) is 57.2 Å². The van der Waals surface area contributed by atoms with Crippen molar-refractivity contribution in [2.75, 3.05) is 45.9 Å². The summed E-state index contributed by atoms with van der Waals surface area (Å²) in [5.41, 5.74) is 0.904. The quantitative estimate of drug-likeness (QED) is 0.218. The van der Waals surface area contributed by atoms with E-state index >= 15 is 0 Å². The Morgan fingerprint density at radius 2 is 1.71 bits per heavy atom. The summed E-state index contributed by atoms with van der Waals surface area (Å²) in [7, 11) is -7.13. The number of nitrogens with zero attached hydrogens (tertiary/aromatic N) is 3. The molecule has 0 saturated carbocycles. The molecule has 1 aromatic rings. The maximum Gasteiger partial charge on any atom is 0.412 e. The van der Waals surface area contributed by atoms with E-state index in [2.05, 4.69) is 20.8 Å². The largest absolute Gasteiger partial charge is 0.450 e. The van der Waals surface area contributed by atoms with Gasteiger partial charge >= 0.3 is 6.09 Å². The topological polar surface area (TPSA) is 157 Å². The third-order valence-corrected chi connectivity index (χ3v) is 16.2. The predicted octanol–water partition coefficient (Wildman–Crippen LogP) is 3.39. The van der Waals surface area contributed by atoms with Crippen LogP contribution in [0.4, 0.5) is 4.79 Å². The van der Waals surface area contributed by atoms with Gasteiger partial charge in [-0.05, 0) is 43.5 Å². The third kappa shape index (κ3) is 9.67. The van der Waals surface area contributed by atoms with Crippen LogP contribution >= 0.6 is 0 Å². The second-order valence-corrected chi connectivity index (χ2v) is 22.7. The molecule has 48 heavy (non-hydrogen) atoms. The minimum absolute atomic E-state index is 0.00681. The second-order valence-electron chi connectivity index (χ2n) is 14.1. The number of sulfone groups is 1. The van der Waals surface area contributed by atoms with Crippen molar-refractivity contribution < 1.29 is 44.6 Å². The molecule has 1 fully saturated rings. The first kappa shape index (κ1) is 39.6. The molecule has 1 aromatic carbocycles. The minimum Gasteiger partial charge on any atom is -0.450 e. The van der Waals surface area contributed by atoms with Crippen molar-refractivity contribution in [3.05, 3.63) is 47.5 Å². The van der Waals surface area contributed by atoms with Crippen molar-refractivity contribution in [2.24, 2.45) is 5.92 Å². The SMILES string of the molecule is CCOC(=O)N1C(OS(C)(=O)=O)C(C(=O)N(CCC2C(C(=O)N(C)C)=CCS2(=O)=O)Cc2ccccc2)C[C@@H]1CO[Si](C)(C)C(C)(C)C. The Morgan fingerprint density at radius 3 is 2.25 bits per heavy atom. The number of carbonyl (C=O) groups is 3.